The van der Waals surface area contributed by atoms with Gasteiger partial charge in [0.05, 0.1) is 13.7 Å². The standard InChI is InChI=1S/C13H17NO3/c1-4-17-13(15)12-7-10-8(2)5-9(16-3)6-11(10)14-12/h5-6,12,14H,4,7H2,1-3H3. The van der Waals surface area contributed by atoms with Crippen molar-refractivity contribution in [3.63, 3.8) is 0 Å². The fraction of sp³-hybridized carbons (Fsp3) is 0.462. The molecule has 1 N–H and O–H groups in total. The van der Waals surface area contributed by atoms with Crippen LogP contribution in [0.25, 0.3) is 0 Å². The summed E-state index contributed by atoms with van der Waals surface area (Å²) >= 11 is 0. The molecule has 0 saturated carbocycles. The van der Waals surface area contributed by atoms with Crippen molar-refractivity contribution in [2.75, 3.05) is 19.0 Å². The van der Waals surface area contributed by atoms with Crippen LogP contribution in [0.15, 0.2) is 12.1 Å². The van der Waals surface area contributed by atoms with Gasteiger partial charge >= 0.3 is 5.97 Å². The lowest BCUT2D eigenvalue weighted by atomic mass is 10.0. The number of carbonyl (C=O) groups is 1. The third-order valence-corrected chi connectivity index (χ3v) is 2.99. The molecule has 4 nitrogen and oxygen atoms in total. The SMILES string of the molecule is CCOC(=O)C1Cc2c(C)cc(OC)cc2N1. The molecular weight excluding hydrogens is 218 g/mol. The van der Waals surface area contributed by atoms with Gasteiger partial charge in [0.15, 0.2) is 0 Å². The molecule has 0 fully saturated rings. The van der Waals surface area contributed by atoms with Crippen LogP contribution >= 0.6 is 0 Å². The maximum absolute atomic E-state index is 11.7. The van der Waals surface area contributed by atoms with Gasteiger partial charge in [0.25, 0.3) is 0 Å². The number of carbonyl (C=O) groups excluding carboxylic acids is 1. The van der Waals surface area contributed by atoms with Crippen molar-refractivity contribution in [3.8, 4) is 5.75 Å². The fourth-order valence-electron chi connectivity index (χ4n) is 2.13. The predicted molar refractivity (Wildman–Crippen MR) is 65.5 cm³/mol. The van der Waals surface area contributed by atoms with Gasteiger partial charge in [-0.05, 0) is 31.0 Å². The third-order valence-electron chi connectivity index (χ3n) is 2.99. The number of esters is 1. The Morgan fingerprint density at radius 1 is 1.53 bits per heavy atom. The van der Waals surface area contributed by atoms with Gasteiger partial charge in [-0.1, -0.05) is 0 Å². The molecule has 1 aromatic rings. The molecule has 2 rings (SSSR count). The summed E-state index contributed by atoms with van der Waals surface area (Å²) in [5.74, 6) is 0.611. The second-order valence-corrected chi connectivity index (χ2v) is 4.12. The van der Waals surface area contributed by atoms with Crippen LogP contribution in [-0.2, 0) is 16.0 Å². The van der Waals surface area contributed by atoms with Crippen molar-refractivity contribution in [1.29, 1.82) is 0 Å². The van der Waals surface area contributed by atoms with Crippen molar-refractivity contribution in [2.24, 2.45) is 0 Å². The van der Waals surface area contributed by atoms with Gasteiger partial charge in [0.2, 0.25) is 0 Å². The molecule has 1 heterocycles. The molecule has 1 atom stereocenters. The van der Waals surface area contributed by atoms with Gasteiger partial charge in [-0.2, -0.15) is 0 Å². The summed E-state index contributed by atoms with van der Waals surface area (Å²) in [6.07, 6.45) is 0.685. The summed E-state index contributed by atoms with van der Waals surface area (Å²) in [5.41, 5.74) is 3.28. The summed E-state index contributed by atoms with van der Waals surface area (Å²) in [5, 5.41) is 3.18. The molecule has 0 aliphatic carbocycles. The first-order chi connectivity index (χ1) is 8.15. The van der Waals surface area contributed by atoms with E-state index < -0.39 is 0 Å². The minimum atomic E-state index is -0.268. The maximum atomic E-state index is 11.7. The lowest BCUT2D eigenvalue weighted by Gasteiger charge is -2.09. The van der Waals surface area contributed by atoms with Crippen LogP contribution in [0.3, 0.4) is 0 Å². The Balaban J connectivity index is 2.21. The van der Waals surface area contributed by atoms with E-state index in [2.05, 4.69) is 5.32 Å². The van der Waals surface area contributed by atoms with Gasteiger partial charge < -0.3 is 14.8 Å². The van der Waals surface area contributed by atoms with Crippen molar-refractivity contribution in [3.05, 3.63) is 23.3 Å². The van der Waals surface area contributed by atoms with E-state index in [1.807, 2.05) is 26.0 Å². The predicted octanol–water partition coefficient (Wildman–Crippen LogP) is 1.90. The Kier molecular flexibility index (Phi) is 3.22. The van der Waals surface area contributed by atoms with Crippen LogP contribution in [0.5, 0.6) is 5.75 Å². The van der Waals surface area contributed by atoms with Crippen LogP contribution in [0.1, 0.15) is 18.1 Å². The highest BCUT2D eigenvalue weighted by molar-refractivity contribution is 5.83. The Morgan fingerprint density at radius 3 is 2.94 bits per heavy atom. The molecule has 17 heavy (non-hydrogen) atoms. The van der Waals surface area contributed by atoms with Crippen molar-refractivity contribution >= 4 is 11.7 Å². The van der Waals surface area contributed by atoms with E-state index in [0.29, 0.717) is 13.0 Å². The zero-order chi connectivity index (χ0) is 12.4. The summed E-state index contributed by atoms with van der Waals surface area (Å²) < 4.78 is 10.2. The Bertz CT molecular complexity index is 443. The molecule has 0 amide bonds. The number of hydrogen-bond acceptors (Lipinski definition) is 4. The van der Waals surface area contributed by atoms with Gasteiger partial charge in [0, 0.05) is 18.2 Å². The number of nitrogens with one attached hydrogen (secondary N) is 1. The van der Waals surface area contributed by atoms with E-state index in [1.54, 1.807) is 7.11 Å². The first-order valence-electron chi connectivity index (χ1n) is 5.76. The molecule has 1 aliphatic rings. The largest absolute Gasteiger partial charge is 0.497 e. The molecular formula is C13H17NO3. The summed E-state index contributed by atoms with van der Waals surface area (Å²) in [7, 11) is 1.64. The fourth-order valence-corrected chi connectivity index (χ4v) is 2.13. The van der Waals surface area contributed by atoms with E-state index >= 15 is 0 Å². The highest BCUT2D eigenvalue weighted by Gasteiger charge is 2.29. The van der Waals surface area contributed by atoms with E-state index in [4.69, 9.17) is 9.47 Å². The lowest BCUT2D eigenvalue weighted by molar-refractivity contribution is -0.143. The first-order valence-corrected chi connectivity index (χ1v) is 5.76. The number of fused-ring (bicyclic) bond motifs is 1. The van der Waals surface area contributed by atoms with Crippen LogP contribution in [-0.4, -0.2) is 25.7 Å². The summed E-state index contributed by atoms with van der Waals surface area (Å²) in [6, 6.07) is 3.63. The molecule has 0 radical (unpaired) electrons. The highest BCUT2D eigenvalue weighted by atomic mass is 16.5. The molecule has 0 saturated heterocycles. The molecule has 0 aromatic heterocycles. The number of ether oxygens (including phenoxy) is 2. The molecule has 0 spiro atoms. The topological polar surface area (TPSA) is 47.6 Å². The van der Waals surface area contributed by atoms with E-state index in [0.717, 1.165) is 17.0 Å². The average molecular weight is 235 g/mol. The smallest absolute Gasteiger partial charge is 0.328 e. The van der Waals surface area contributed by atoms with Crippen LogP contribution in [0, 0.1) is 6.92 Å². The molecule has 1 unspecified atom stereocenters. The van der Waals surface area contributed by atoms with Gasteiger partial charge in [-0.3, -0.25) is 0 Å². The Hall–Kier alpha value is -1.71. The average Bonchev–Trinajstić information content (AvgIpc) is 2.73. The van der Waals surface area contributed by atoms with Crippen molar-refractivity contribution < 1.29 is 14.3 Å². The van der Waals surface area contributed by atoms with Crippen LogP contribution < -0.4 is 10.1 Å². The van der Waals surface area contributed by atoms with E-state index in [1.165, 1.54) is 5.56 Å². The van der Waals surface area contributed by atoms with Gasteiger partial charge in [-0.15, -0.1) is 0 Å². The normalized spacial score (nSPS) is 17.2. The molecule has 1 aliphatic heterocycles. The number of aryl methyl sites for hydroxylation is 1. The van der Waals surface area contributed by atoms with E-state index in [9.17, 15) is 4.79 Å². The minimum Gasteiger partial charge on any atom is -0.497 e. The third kappa shape index (κ3) is 2.20. The van der Waals surface area contributed by atoms with E-state index in [-0.39, 0.29) is 12.0 Å². The highest BCUT2D eigenvalue weighted by Crippen LogP contribution is 2.33. The quantitative estimate of drug-likeness (QED) is 0.813. The Labute approximate surface area is 101 Å². The number of rotatable bonds is 3. The van der Waals surface area contributed by atoms with Crippen LogP contribution in [0.2, 0.25) is 0 Å². The second kappa shape index (κ2) is 4.65. The molecule has 0 bridgehead atoms. The molecule has 92 valence electrons. The van der Waals surface area contributed by atoms with Gasteiger partial charge in [-0.25, -0.2) is 4.79 Å². The molecule has 4 heteroatoms. The number of benzene rings is 1. The number of hydrogen-bond donors (Lipinski definition) is 1. The lowest BCUT2D eigenvalue weighted by Crippen LogP contribution is -2.29. The zero-order valence-electron chi connectivity index (χ0n) is 10.4. The van der Waals surface area contributed by atoms with Crippen molar-refractivity contribution in [2.45, 2.75) is 26.3 Å². The minimum absolute atomic E-state index is 0.193. The van der Waals surface area contributed by atoms with Gasteiger partial charge in [0.1, 0.15) is 11.8 Å². The summed E-state index contributed by atoms with van der Waals surface area (Å²) in [6.45, 7) is 4.25. The number of anilines is 1. The summed E-state index contributed by atoms with van der Waals surface area (Å²) in [4.78, 5) is 11.7. The second-order valence-electron chi connectivity index (χ2n) is 4.12. The van der Waals surface area contributed by atoms with Crippen molar-refractivity contribution in [1.82, 2.24) is 0 Å². The zero-order valence-corrected chi connectivity index (χ0v) is 10.4. The maximum Gasteiger partial charge on any atom is 0.328 e. The number of methoxy groups -OCH3 is 1. The Morgan fingerprint density at radius 2 is 2.29 bits per heavy atom. The first kappa shape index (κ1) is 11.8. The van der Waals surface area contributed by atoms with Crippen LogP contribution in [0.4, 0.5) is 5.69 Å². The molecule has 1 aromatic carbocycles. The monoisotopic (exact) mass is 235 g/mol.